The van der Waals surface area contributed by atoms with Crippen LogP contribution in [0.25, 0.3) is 0 Å². The largest absolute Gasteiger partial charge is 0.398 e. The third-order valence-electron chi connectivity index (χ3n) is 3.63. The number of carbonyl (C=O) groups excluding carboxylic acids is 2. The first-order valence-corrected chi connectivity index (χ1v) is 7.51. The zero-order valence-corrected chi connectivity index (χ0v) is 12.9. The maximum absolute atomic E-state index is 12.4. The molecular weight excluding hydrogens is 300 g/mol. The molecule has 0 fully saturated rings. The Morgan fingerprint density at radius 2 is 1.38 bits per heavy atom. The number of amides is 1. The van der Waals surface area contributed by atoms with E-state index in [2.05, 4.69) is 5.32 Å². The van der Waals surface area contributed by atoms with Gasteiger partial charge in [0, 0.05) is 22.5 Å². The molecular formula is C20H16N2O2. The summed E-state index contributed by atoms with van der Waals surface area (Å²) in [5.74, 6) is -0.435. The van der Waals surface area contributed by atoms with E-state index >= 15 is 0 Å². The average molecular weight is 316 g/mol. The Bertz CT molecular complexity index is 875. The summed E-state index contributed by atoms with van der Waals surface area (Å²) in [4.78, 5) is 24.7. The van der Waals surface area contributed by atoms with Gasteiger partial charge in [-0.2, -0.15) is 0 Å². The summed E-state index contributed by atoms with van der Waals surface area (Å²) in [6.07, 6.45) is 0. The summed E-state index contributed by atoms with van der Waals surface area (Å²) in [6.45, 7) is 0. The minimum absolute atomic E-state index is 0.127. The highest BCUT2D eigenvalue weighted by molar-refractivity contribution is 6.12. The molecule has 0 aliphatic heterocycles. The van der Waals surface area contributed by atoms with Gasteiger partial charge in [-0.05, 0) is 24.3 Å². The fourth-order valence-electron chi connectivity index (χ4n) is 2.39. The number of rotatable bonds is 4. The molecule has 0 saturated carbocycles. The van der Waals surface area contributed by atoms with Crippen LogP contribution in [0.5, 0.6) is 0 Å². The van der Waals surface area contributed by atoms with Gasteiger partial charge >= 0.3 is 0 Å². The minimum atomic E-state index is -0.308. The molecule has 3 rings (SSSR count). The Kier molecular flexibility index (Phi) is 4.38. The van der Waals surface area contributed by atoms with Crippen LogP contribution in [0.15, 0.2) is 78.9 Å². The van der Waals surface area contributed by atoms with E-state index in [1.165, 1.54) is 6.07 Å². The first-order chi connectivity index (χ1) is 11.6. The number of carbonyl (C=O) groups is 2. The van der Waals surface area contributed by atoms with Crippen LogP contribution in [0, 0.1) is 0 Å². The summed E-state index contributed by atoms with van der Waals surface area (Å²) >= 11 is 0. The summed E-state index contributed by atoms with van der Waals surface area (Å²) in [5.41, 5.74) is 8.31. The van der Waals surface area contributed by atoms with Gasteiger partial charge in [0.2, 0.25) is 0 Å². The number of nitrogen functional groups attached to an aromatic ring is 1. The van der Waals surface area contributed by atoms with E-state index in [0.717, 1.165) is 0 Å². The van der Waals surface area contributed by atoms with E-state index in [1.807, 2.05) is 24.3 Å². The molecule has 3 aromatic carbocycles. The van der Waals surface area contributed by atoms with E-state index < -0.39 is 0 Å². The van der Waals surface area contributed by atoms with Crippen molar-refractivity contribution < 1.29 is 9.59 Å². The summed E-state index contributed by atoms with van der Waals surface area (Å²) in [7, 11) is 0. The molecule has 4 nitrogen and oxygen atoms in total. The molecule has 0 heterocycles. The lowest BCUT2D eigenvalue weighted by atomic mass is 10.0. The van der Waals surface area contributed by atoms with Crippen molar-refractivity contribution in [1.29, 1.82) is 0 Å². The number of anilines is 2. The molecule has 0 saturated heterocycles. The first-order valence-electron chi connectivity index (χ1n) is 7.51. The number of para-hydroxylation sites is 1. The van der Waals surface area contributed by atoms with Gasteiger partial charge in [0.25, 0.3) is 5.91 Å². The van der Waals surface area contributed by atoms with Crippen molar-refractivity contribution in [2.45, 2.75) is 0 Å². The maximum Gasteiger partial charge on any atom is 0.257 e. The second kappa shape index (κ2) is 6.79. The van der Waals surface area contributed by atoms with Crippen molar-refractivity contribution in [2.75, 3.05) is 11.1 Å². The van der Waals surface area contributed by atoms with Gasteiger partial charge in [-0.3, -0.25) is 9.59 Å². The number of nitrogens with two attached hydrogens (primary N) is 1. The molecule has 0 radical (unpaired) electrons. The Labute approximate surface area is 139 Å². The van der Waals surface area contributed by atoms with Crippen molar-refractivity contribution in [3.05, 3.63) is 95.6 Å². The van der Waals surface area contributed by atoms with Gasteiger partial charge in [0.15, 0.2) is 5.78 Å². The summed E-state index contributed by atoms with van der Waals surface area (Å²) in [5, 5.41) is 2.78. The van der Waals surface area contributed by atoms with Crippen molar-refractivity contribution in [1.82, 2.24) is 0 Å². The molecule has 0 spiro atoms. The smallest absolute Gasteiger partial charge is 0.257 e. The molecule has 0 aliphatic rings. The van der Waals surface area contributed by atoms with E-state index in [0.29, 0.717) is 22.4 Å². The van der Waals surface area contributed by atoms with Gasteiger partial charge in [-0.25, -0.2) is 0 Å². The monoisotopic (exact) mass is 316 g/mol. The van der Waals surface area contributed by atoms with Gasteiger partial charge < -0.3 is 11.1 Å². The zero-order chi connectivity index (χ0) is 16.9. The highest BCUT2D eigenvalue weighted by Crippen LogP contribution is 2.19. The van der Waals surface area contributed by atoms with E-state index in [-0.39, 0.29) is 17.4 Å². The lowest BCUT2D eigenvalue weighted by Gasteiger charge is -2.09. The highest BCUT2D eigenvalue weighted by Gasteiger charge is 2.14. The van der Waals surface area contributed by atoms with Crippen LogP contribution in [-0.2, 0) is 0 Å². The maximum atomic E-state index is 12.4. The third-order valence-corrected chi connectivity index (χ3v) is 3.63. The average Bonchev–Trinajstić information content (AvgIpc) is 2.62. The number of nitrogens with one attached hydrogen (secondary N) is 1. The molecule has 3 N–H and O–H groups in total. The van der Waals surface area contributed by atoms with Crippen LogP contribution in [0.1, 0.15) is 26.3 Å². The Morgan fingerprint density at radius 1 is 0.750 bits per heavy atom. The van der Waals surface area contributed by atoms with Crippen LogP contribution in [0.3, 0.4) is 0 Å². The number of ketones is 1. The second-order valence-electron chi connectivity index (χ2n) is 5.32. The van der Waals surface area contributed by atoms with Crippen molar-refractivity contribution in [3.8, 4) is 0 Å². The topological polar surface area (TPSA) is 72.2 Å². The lowest BCUT2D eigenvalue weighted by Crippen LogP contribution is -2.14. The lowest BCUT2D eigenvalue weighted by molar-refractivity contribution is 0.102. The van der Waals surface area contributed by atoms with Crippen LogP contribution in [-0.4, -0.2) is 11.7 Å². The second-order valence-corrected chi connectivity index (χ2v) is 5.32. The molecule has 0 aromatic heterocycles. The SMILES string of the molecule is Nc1cc(C(=O)c2ccccc2)ccc1C(=O)Nc1ccccc1. The first kappa shape index (κ1) is 15.5. The van der Waals surface area contributed by atoms with Crippen molar-refractivity contribution in [2.24, 2.45) is 0 Å². The summed E-state index contributed by atoms with van der Waals surface area (Å²) < 4.78 is 0. The molecule has 4 heteroatoms. The van der Waals surface area contributed by atoms with Crippen molar-refractivity contribution >= 4 is 23.1 Å². The quantitative estimate of drug-likeness (QED) is 0.569. The fraction of sp³-hybridized carbons (Fsp3) is 0. The van der Waals surface area contributed by atoms with E-state index in [4.69, 9.17) is 5.73 Å². The number of hydrogen-bond acceptors (Lipinski definition) is 3. The van der Waals surface area contributed by atoms with Crippen LogP contribution >= 0.6 is 0 Å². The Hall–Kier alpha value is -3.40. The van der Waals surface area contributed by atoms with Crippen molar-refractivity contribution in [3.63, 3.8) is 0 Å². The van der Waals surface area contributed by atoms with E-state index in [9.17, 15) is 9.59 Å². The van der Waals surface area contributed by atoms with Gasteiger partial charge in [-0.15, -0.1) is 0 Å². The molecule has 0 aliphatic carbocycles. The number of hydrogen-bond donors (Lipinski definition) is 2. The predicted molar refractivity (Wildman–Crippen MR) is 95.1 cm³/mol. The third kappa shape index (κ3) is 3.33. The van der Waals surface area contributed by atoms with Crippen LogP contribution in [0.2, 0.25) is 0 Å². The molecule has 0 bridgehead atoms. The van der Waals surface area contributed by atoms with Gasteiger partial charge in [0.1, 0.15) is 0 Å². The molecule has 0 unspecified atom stereocenters. The minimum Gasteiger partial charge on any atom is -0.398 e. The van der Waals surface area contributed by atoms with Crippen LogP contribution in [0.4, 0.5) is 11.4 Å². The Balaban J connectivity index is 1.82. The van der Waals surface area contributed by atoms with Crippen LogP contribution < -0.4 is 11.1 Å². The zero-order valence-electron chi connectivity index (χ0n) is 12.9. The van der Waals surface area contributed by atoms with Gasteiger partial charge in [-0.1, -0.05) is 54.6 Å². The molecule has 1 amide bonds. The summed E-state index contributed by atoms with van der Waals surface area (Å²) in [6, 6.07) is 22.8. The number of benzene rings is 3. The molecule has 0 atom stereocenters. The predicted octanol–water partition coefficient (Wildman–Crippen LogP) is 3.75. The molecule has 118 valence electrons. The Morgan fingerprint density at radius 3 is 2.00 bits per heavy atom. The normalized spacial score (nSPS) is 10.2. The fourth-order valence-corrected chi connectivity index (χ4v) is 2.39. The molecule has 24 heavy (non-hydrogen) atoms. The molecule has 3 aromatic rings. The van der Waals surface area contributed by atoms with E-state index in [1.54, 1.807) is 48.5 Å². The highest BCUT2D eigenvalue weighted by atomic mass is 16.1. The standard InChI is InChI=1S/C20H16N2O2/c21-18-13-15(19(23)14-7-3-1-4-8-14)11-12-17(18)20(24)22-16-9-5-2-6-10-16/h1-13H,21H2,(H,22,24). The van der Waals surface area contributed by atoms with Gasteiger partial charge in [0.05, 0.1) is 5.56 Å².